The van der Waals surface area contributed by atoms with Crippen molar-refractivity contribution in [2.45, 2.75) is 51.2 Å². The molecular weight excluding hydrogens is 270 g/mol. The van der Waals surface area contributed by atoms with E-state index in [-0.39, 0.29) is 18.4 Å². The van der Waals surface area contributed by atoms with Crippen LogP contribution < -0.4 is 10.1 Å². The lowest BCUT2D eigenvalue weighted by Gasteiger charge is -2.38. The third kappa shape index (κ3) is 3.54. The van der Waals surface area contributed by atoms with Crippen molar-refractivity contribution >= 4 is 11.9 Å². The van der Waals surface area contributed by atoms with Crippen molar-refractivity contribution in [3.8, 4) is 5.75 Å². The van der Waals surface area contributed by atoms with Crippen LogP contribution in [0.15, 0.2) is 24.3 Å². The number of aliphatic carboxylic acids is 1. The molecule has 1 aromatic rings. The number of carbonyl (C=O) groups excluding carboxylic acids is 1. The van der Waals surface area contributed by atoms with Crippen molar-refractivity contribution in [1.29, 1.82) is 0 Å². The number of para-hydroxylation sites is 1. The zero-order chi connectivity index (χ0) is 15.5. The van der Waals surface area contributed by atoms with Crippen molar-refractivity contribution in [1.82, 2.24) is 5.32 Å². The Balaban J connectivity index is 2.04. The average molecular weight is 291 g/mol. The summed E-state index contributed by atoms with van der Waals surface area (Å²) in [5.74, 6) is -0.564. The maximum absolute atomic E-state index is 12.1. The van der Waals surface area contributed by atoms with E-state index in [1.165, 1.54) is 0 Å². The highest BCUT2D eigenvalue weighted by Gasteiger charge is 2.45. The van der Waals surface area contributed by atoms with Crippen LogP contribution in [0.25, 0.3) is 0 Å². The van der Waals surface area contributed by atoms with Crippen molar-refractivity contribution in [3.05, 3.63) is 29.8 Å². The van der Waals surface area contributed by atoms with Gasteiger partial charge in [-0.25, -0.2) is 4.79 Å². The molecule has 0 unspecified atom stereocenters. The number of carbonyl (C=O) groups is 2. The zero-order valence-electron chi connectivity index (χ0n) is 12.4. The van der Waals surface area contributed by atoms with Crippen LogP contribution in [-0.4, -0.2) is 28.6 Å². The molecule has 1 aliphatic rings. The van der Waals surface area contributed by atoms with E-state index in [0.717, 1.165) is 12.0 Å². The highest BCUT2D eigenvalue weighted by Crippen LogP contribution is 2.32. The summed E-state index contributed by atoms with van der Waals surface area (Å²) in [6.07, 6.45) is 1.97. The minimum atomic E-state index is -1.06. The molecule has 5 heteroatoms. The molecule has 1 aliphatic carbocycles. The van der Waals surface area contributed by atoms with Gasteiger partial charge in [-0.05, 0) is 39.2 Å². The lowest BCUT2D eigenvalue weighted by atomic mass is 9.76. The largest absolute Gasteiger partial charge is 0.491 e. The molecule has 0 heterocycles. The number of benzene rings is 1. The molecule has 0 aromatic heterocycles. The minimum Gasteiger partial charge on any atom is -0.491 e. The van der Waals surface area contributed by atoms with E-state index in [4.69, 9.17) is 4.74 Å². The number of carboxylic acid groups (broad SMARTS) is 1. The molecule has 5 nitrogen and oxygen atoms in total. The van der Waals surface area contributed by atoms with E-state index in [2.05, 4.69) is 5.32 Å². The van der Waals surface area contributed by atoms with E-state index in [1.54, 1.807) is 0 Å². The van der Waals surface area contributed by atoms with Crippen LogP contribution in [0.5, 0.6) is 5.75 Å². The van der Waals surface area contributed by atoms with Gasteiger partial charge < -0.3 is 15.2 Å². The van der Waals surface area contributed by atoms with Gasteiger partial charge in [0.25, 0.3) is 0 Å². The van der Waals surface area contributed by atoms with Gasteiger partial charge in [-0.2, -0.15) is 0 Å². The highest BCUT2D eigenvalue weighted by atomic mass is 16.5. The Morgan fingerprint density at radius 3 is 2.52 bits per heavy atom. The quantitative estimate of drug-likeness (QED) is 0.842. The second-order valence-electron chi connectivity index (χ2n) is 5.74. The van der Waals surface area contributed by atoms with Gasteiger partial charge in [-0.3, -0.25) is 4.79 Å². The molecule has 1 amide bonds. The van der Waals surface area contributed by atoms with Crippen molar-refractivity contribution in [2.24, 2.45) is 0 Å². The lowest BCUT2D eigenvalue weighted by Crippen LogP contribution is -2.59. The van der Waals surface area contributed by atoms with E-state index in [9.17, 15) is 14.7 Å². The van der Waals surface area contributed by atoms with Gasteiger partial charge in [0.1, 0.15) is 11.3 Å². The molecule has 1 aromatic carbocycles. The fourth-order valence-electron chi connectivity index (χ4n) is 2.43. The first-order valence-corrected chi connectivity index (χ1v) is 7.22. The van der Waals surface area contributed by atoms with Crippen LogP contribution in [0.3, 0.4) is 0 Å². The molecule has 2 N–H and O–H groups in total. The van der Waals surface area contributed by atoms with Crippen LogP contribution in [0.1, 0.15) is 38.7 Å². The van der Waals surface area contributed by atoms with Crippen LogP contribution in [0.2, 0.25) is 0 Å². The van der Waals surface area contributed by atoms with Crippen LogP contribution in [-0.2, 0) is 16.0 Å². The third-order valence-electron chi connectivity index (χ3n) is 3.68. The van der Waals surface area contributed by atoms with E-state index < -0.39 is 11.5 Å². The monoisotopic (exact) mass is 291 g/mol. The van der Waals surface area contributed by atoms with E-state index >= 15 is 0 Å². The molecule has 2 rings (SSSR count). The van der Waals surface area contributed by atoms with Crippen molar-refractivity contribution < 1.29 is 19.4 Å². The third-order valence-corrected chi connectivity index (χ3v) is 3.68. The minimum absolute atomic E-state index is 0.0196. The molecule has 0 radical (unpaired) electrons. The number of nitrogens with one attached hydrogen (secondary N) is 1. The van der Waals surface area contributed by atoms with E-state index in [0.29, 0.717) is 18.6 Å². The zero-order valence-corrected chi connectivity index (χ0v) is 12.4. The van der Waals surface area contributed by atoms with Gasteiger partial charge in [0.15, 0.2) is 0 Å². The van der Waals surface area contributed by atoms with Crippen LogP contribution in [0, 0.1) is 0 Å². The normalized spacial score (nSPS) is 16.1. The first kappa shape index (κ1) is 15.4. The van der Waals surface area contributed by atoms with Gasteiger partial charge in [-0.15, -0.1) is 0 Å². The number of carboxylic acids is 1. The molecular formula is C16H21NO4. The standard InChI is InChI=1S/C16H21NO4/c1-11(2)21-13-7-4-3-6-12(13)10-14(18)17-16(15(19)20)8-5-9-16/h3-4,6-7,11H,5,8-10H2,1-2H3,(H,17,18)(H,19,20). The molecule has 0 atom stereocenters. The predicted octanol–water partition coefficient (Wildman–Crippen LogP) is 2.14. The second-order valence-corrected chi connectivity index (χ2v) is 5.74. The summed E-state index contributed by atoms with van der Waals surface area (Å²) in [7, 11) is 0. The summed E-state index contributed by atoms with van der Waals surface area (Å²) >= 11 is 0. The first-order chi connectivity index (χ1) is 9.93. The summed E-state index contributed by atoms with van der Waals surface area (Å²) in [6, 6.07) is 7.33. The number of rotatable bonds is 6. The predicted molar refractivity (Wildman–Crippen MR) is 78.3 cm³/mol. The fourth-order valence-corrected chi connectivity index (χ4v) is 2.43. The molecule has 114 valence electrons. The smallest absolute Gasteiger partial charge is 0.329 e. The Bertz CT molecular complexity index is 535. The van der Waals surface area contributed by atoms with Crippen molar-refractivity contribution in [2.75, 3.05) is 0 Å². The molecule has 21 heavy (non-hydrogen) atoms. The highest BCUT2D eigenvalue weighted by molar-refractivity contribution is 5.89. The molecule has 0 saturated heterocycles. The van der Waals surface area contributed by atoms with Gasteiger partial charge in [0.2, 0.25) is 5.91 Å². The van der Waals surface area contributed by atoms with Crippen LogP contribution >= 0.6 is 0 Å². The molecule has 0 bridgehead atoms. The Hall–Kier alpha value is -2.04. The van der Waals surface area contributed by atoms with Crippen molar-refractivity contribution in [3.63, 3.8) is 0 Å². The maximum Gasteiger partial charge on any atom is 0.329 e. The summed E-state index contributed by atoms with van der Waals surface area (Å²) in [5, 5.41) is 11.9. The Morgan fingerprint density at radius 2 is 2.00 bits per heavy atom. The van der Waals surface area contributed by atoms with E-state index in [1.807, 2.05) is 38.1 Å². The summed E-state index contributed by atoms with van der Waals surface area (Å²) in [6.45, 7) is 3.84. The molecule has 0 aliphatic heterocycles. The molecule has 1 fully saturated rings. The van der Waals surface area contributed by atoms with Gasteiger partial charge in [-0.1, -0.05) is 18.2 Å². The fraction of sp³-hybridized carbons (Fsp3) is 0.500. The molecule has 0 spiro atoms. The average Bonchev–Trinajstić information content (AvgIpc) is 2.35. The number of amides is 1. The Morgan fingerprint density at radius 1 is 1.33 bits per heavy atom. The van der Waals surface area contributed by atoms with Gasteiger partial charge in [0, 0.05) is 5.56 Å². The second kappa shape index (κ2) is 6.16. The first-order valence-electron chi connectivity index (χ1n) is 7.22. The summed E-state index contributed by atoms with van der Waals surface area (Å²) in [4.78, 5) is 23.4. The maximum atomic E-state index is 12.1. The topological polar surface area (TPSA) is 75.6 Å². The Labute approximate surface area is 124 Å². The Kier molecular flexibility index (Phi) is 4.50. The van der Waals surface area contributed by atoms with Crippen LogP contribution in [0.4, 0.5) is 0 Å². The van der Waals surface area contributed by atoms with Gasteiger partial charge in [0.05, 0.1) is 12.5 Å². The molecule has 1 saturated carbocycles. The lowest BCUT2D eigenvalue weighted by molar-refractivity contribution is -0.151. The number of hydrogen-bond donors (Lipinski definition) is 2. The number of ether oxygens (including phenoxy) is 1. The number of hydrogen-bond acceptors (Lipinski definition) is 3. The summed E-state index contributed by atoms with van der Waals surface area (Å²) < 4.78 is 5.67. The summed E-state index contributed by atoms with van der Waals surface area (Å²) in [5.41, 5.74) is -0.297. The van der Waals surface area contributed by atoms with Gasteiger partial charge >= 0.3 is 5.97 Å². The SMILES string of the molecule is CC(C)Oc1ccccc1CC(=O)NC1(C(=O)O)CCC1.